The first-order valence-corrected chi connectivity index (χ1v) is 5.05. The molecule has 10 heavy (non-hydrogen) atoms. The molecule has 0 aromatic carbocycles. The van der Waals surface area contributed by atoms with Crippen LogP contribution < -0.4 is 23.9 Å². The Hall–Kier alpha value is 1.57. The van der Waals surface area contributed by atoms with E-state index in [1.807, 2.05) is 0 Å². The Labute approximate surface area is 90.1 Å². The average molecular weight is 294 g/mol. The molecule has 0 aliphatic carbocycles. The summed E-state index contributed by atoms with van der Waals surface area (Å²) in [4.78, 5) is 0. The third kappa shape index (κ3) is 16.3. The first-order valence-electron chi connectivity index (χ1n) is 2.56. The molecule has 0 radical (unpaired) electrons. The second-order valence-electron chi connectivity index (χ2n) is 1.22. The van der Waals surface area contributed by atoms with E-state index in [2.05, 4.69) is 0 Å². The summed E-state index contributed by atoms with van der Waals surface area (Å²) in [5.41, 5.74) is 10.5. The van der Waals surface area contributed by atoms with E-state index < -0.39 is 0 Å². The summed E-state index contributed by atoms with van der Waals surface area (Å²) in [5.74, 6) is 2.06. The van der Waals surface area contributed by atoms with Crippen LogP contribution in [0.3, 0.4) is 0 Å². The molecule has 0 amide bonds. The molecule has 0 fully saturated rings. The molecule has 0 rings (SSSR count). The van der Waals surface area contributed by atoms with Gasteiger partial charge in [0.1, 0.15) is 0 Å². The molecule has 0 saturated heterocycles. The van der Waals surface area contributed by atoms with Crippen molar-refractivity contribution in [2.75, 3.05) is 24.6 Å². The molecule has 0 heterocycles. The van der Waals surface area contributed by atoms with E-state index >= 15 is 0 Å². The quantitative estimate of drug-likeness (QED) is 0.329. The molecular weight excluding hydrogens is 282 g/mol. The van der Waals surface area contributed by atoms with Crippen molar-refractivity contribution in [2.45, 2.75) is 0 Å². The fourth-order valence-corrected chi connectivity index (χ4v) is 1.93. The summed E-state index contributed by atoms with van der Waals surface area (Å²) in [6.45, 7) is 1.53. The largest absolute Gasteiger partial charge is 2.00 e. The summed E-state index contributed by atoms with van der Waals surface area (Å²) in [6, 6.07) is 0. The molecule has 2 nitrogen and oxygen atoms in total. The van der Waals surface area contributed by atoms with Crippen molar-refractivity contribution >= 4 is 21.6 Å². The van der Waals surface area contributed by atoms with Crippen LogP contribution in [0.4, 0.5) is 0 Å². The fraction of sp³-hybridized carbons (Fsp3) is 1.00. The van der Waals surface area contributed by atoms with Crippen LogP contribution in [0.15, 0.2) is 0 Å². The van der Waals surface area contributed by atoms with Crippen LogP contribution in [-0.2, 0) is 20.4 Å². The van der Waals surface area contributed by atoms with Crippen molar-refractivity contribution in [2.24, 2.45) is 11.5 Å². The van der Waals surface area contributed by atoms with Gasteiger partial charge in [-0.3, -0.25) is 0 Å². The number of halogens is 1. The van der Waals surface area contributed by atoms with E-state index in [1.165, 1.54) is 0 Å². The Kier molecular flexibility index (Phi) is 29.7. The maximum Gasteiger partial charge on any atom is 2.00 e. The van der Waals surface area contributed by atoms with Gasteiger partial charge in [-0.25, -0.2) is 0 Å². The Bertz CT molecular complexity index is 46.2. The minimum absolute atomic E-state index is 0. The molecule has 0 aliphatic rings. The average Bonchev–Trinajstić information content (AvgIpc) is 1.81. The van der Waals surface area contributed by atoms with Gasteiger partial charge >= 0.3 is 20.4 Å². The van der Waals surface area contributed by atoms with Gasteiger partial charge in [-0.05, 0) is 0 Å². The summed E-state index contributed by atoms with van der Waals surface area (Å²) in [5, 5.41) is 0. The van der Waals surface area contributed by atoms with Gasteiger partial charge in [0.25, 0.3) is 0 Å². The maximum atomic E-state index is 5.25. The molecule has 0 unspecified atom stereocenters. The van der Waals surface area contributed by atoms with Crippen molar-refractivity contribution in [3.63, 3.8) is 0 Å². The van der Waals surface area contributed by atoms with Gasteiger partial charge in [-0.2, -0.15) is 0 Å². The number of nitrogens with two attached hydrogens (primary N) is 2. The number of hydrogen-bond donors (Lipinski definition) is 2. The van der Waals surface area contributed by atoms with Crippen molar-refractivity contribution in [3.8, 4) is 0 Å². The monoisotopic (exact) mass is 293 g/mol. The minimum Gasteiger partial charge on any atom is -1.00 e. The summed E-state index contributed by atoms with van der Waals surface area (Å²) < 4.78 is 0. The second kappa shape index (κ2) is 16.9. The summed E-state index contributed by atoms with van der Waals surface area (Å²) in [6.07, 6.45) is 0. The van der Waals surface area contributed by atoms with Gasteiger partial charge in [-0.1, -0.05) is 21.6 Å². The SMILES string of the molecule is NCCSSCCN.[Cl-].[Pd+2]. The van der Waals surface area contributed by atoms with Crippen LogP contribution in [0.5, 0.6) is 0 Å². The van der Waals surface area contributed by atoms with E-state index in [0.29, 0.717) is 0 Å². The zero-order valence-corrected chi connectivity index (χ0v) is 9.44. The molecule has 0 aliphatic heterocycles. The van der Waals surface area contributed by atoms with Crippen LogP contribution in [-0.4, -0.2) is 24.6 Å². The van der Waals surface area contributed by atoms with Gasteiger partial charge in [0.2, 0.25) is 0 Å². The minimum atomic E-state index is 0. The van der Waals surface area contributed by atoms with Gasteiger partial charge < -0.3 is 23.9 Å². The van der Waals surface area contributed by atoms with E-state index in [-0.39, 0.29) is 32.8 Å². The standard InChI is InChI=1S/C4H12N2S2.ClH.Pd/c5-1-3-7-8-4-2-6;;/h1-6H2;1H;/q;;+2/p-1. The van der Waals surface area contributed by atoms with E-state index in [1.54, 1.807) is 21.6 Å². The van der Waals surface area contributed by atoms with Crippen LogP contribution in [0.25, 0.3) is 0 Å². The topological polar surface area (TPSA) is 52.0 Å². The number of rotatable bonds is 5. The molecular formula is C4H12ClN2PdS2+. The zero-order valence-electron chi connectivity index (χ0n) is 5.49. The molecule has 4 N–H and O–H groups in total. The summed E-state index contributed by atoms with van der Waals surface area (Å²) in [7, 11) is 3.58. The van der Waals surface area contributed by atoms with Crippen LogP contribution in [0.2, 0.25) is 0 Å². The van der Waals surface area contributed by atoms with Gasteiger partial charge in [-0.15, -0.1) is 0 Å². The molecule has 66 valence electrons. The molecule has 0 aromatic heterocycles. The predicted molar refractivity (Wildman–Crippen MR) is 43.0 cm³/mol. The third-order valence-electron chi connectivity index (χ3n) is 0.486. The fourth-order valence-electron chi connectivity index (χ4n) is 0.214. The second-order valence-corrected chi connectivity index (χ2v) is 3.92. The molecule has 0 spiro atoms. The zero-order chi connectivity index (χ0) is 6.24. The molecule has 0 saturated carbocycles. The van der Waals surface area contributed by atoms with E-state index in [9.17, 15) is 0 Å². The van der Waals surface area contributed by atoms with Crippen molar-refractivity contribution in [1.29, 1.82) is 0 Å². The predicted octanol–water partition coefficient (Wildman–Crippen LogP) is -2.71. The smallest absolute Gasteiger partial charge is 1.00 e. The van der Waals surface area contributed by atoms with Gasteiger partial charge in [0.05, 0.1) is 0 Å². The Morgan fingerprint density at radius 2 is 1.20 bits per heavy atom. The molecule has 6 heteroatoms. The number of hydrogen-bond acceptors (Lipinski definition) is 4. The van der Waals surface area contributed by atoms with Crippen LogP contribution >= 0.6 is 21.6 Å². The van der Waals surface area contributed by atoms with Crippen molar-refractivity contribution in [3.05, 3.63) is 0 Å². The van der Waals surface area contributed by atoms with E-state index in [4.69, 9.17) is 11.5 Å². The molecule has 0 atom stereocenters. The van der Waals surface area contributed by atoms with Gasteiger partial charge in [0, 0.05) is 24.6 Å². The summed E-state index contributed by atoms with van der Waals surface area (Å²) >= 11 is 0. The first kappa shape index (κ1) is 17.6. The normalized spacial score (nSPS) is 7.80. The van der Waals surface area contributed by atoms with Crippen molar-refractivity contribution in [1.82, 2.24) is 0 Å². The maximum absolute atomic E-state index is 5.25. The molecule has 0 aromatic rings. The Balaban J connectivity index is -0.000000245. The van der Waals surface area contributed by atoms with Crippen LogP contribution in [0.1, 0.15) is 0 Å². The molecule has 0 bridgehead atoms. The van der Waals surface area contributed by atoms with Crippen molar-refractivity contribution < 1.29 is 32.8 Å². The van der Waals surface area contributed by atoms with E-state index in [0.717, 1.165) is 24.6 Å². The Morgan fingerprint density at radius 1 is 0.900 bits per heavy atom. The first-order chi connectivity index (χ1) is 3.91. The van der Waals surface area contributed by atoms with Gasteiger partial charge in [0.15, 0.2) is 0 Å². The van der Waals surface area contributed by atoms with Crippen LogP contribution in [0, 0.1) is 0 Å². The Morgan fingerprint density at radius 3 is 1.40 bits per heavy atom. The third-order valence-corrected chi connectivity index (χ3v) is 2.96.